The number of benzene rings is 3. The molecule has 7 nitrogen and oxygen atoms in total. The molecule has 0 heterocycles. The summed E-state index contributed by atoms with van der Waals surface area (Å²) in [6.07, 6.45) is 0.544. The van der Waals surface area contributed by atoms with Crippen molar-refractivity contribution in [1.29, 1.82) is 0 Å². The summed E-state index contributed by atoms with van der Waals surface area (Å²) in [5, 5.41) is 3.23. The minimum Gasteiger partial charge on any atom is -0.352 e. The first-order valence-corrected chi connectivity index (χ1v) is 17.5. The SMILES string of the molecule is CS(=O)(=O)N(CC(=O)N(Cc1ccc(Cl)c(Cl)c1)[C@H](Cc1ccccc1)C(=O)NC1CCCCC1)c1cc(C(F)(F)F)ccc1Cl. The van der Waals surface area contributed by atoms with Crippen molar-refractivity contribution in [3.8, 4) is 0 Å². The fourth-order valence-corrected chi connectivity index (χ4v) is 6.85. The number of nitrogens with one attached hydrogen (secondary N) is 1. The Balaban J connectivity index is 1.78. The van der Waals surface area contributed by atoms with E-state index in [1.165, 1.54) is 17.0 Å². The minimum absolute atomic E-state index is 0.0790. The second kappa shape index (κ2) is 15.3. The maximum absolute atomic E-state index is 14.3. The van der Waals surface area contributed by atoms with E-state index in [0.717, 1.165) is 56.1 Å². The second-order valence-electron chi connectivity index (χ2n) is 11.3. The third kappa shape index (κ3) is 9.53. The van der Waals surface area contributed by atoms with Gasteiger partial charge in [-0.3, -0.25) is 13.9 Å². The summed E-state index contributed by atoms with van der Waals surface area (Å²) in [6, 6.07) is 14.7. The predicted octanol–water partition coefficient (Wildman–Crippen LogP) is 7.52. The summed E-state index contributed by atoms with van der Waals surface area (Å²) in [4.78, 5) is 29.5. The first-order valence-electron chi connectivity index (χ1n) is 14.6. The molecule has 1 atom stereocenters. The number of halogens is 6. The molecule has 0 bridgehead atoms. The predicted molar refractivity (Wildman–Crippen MR) is 175 cm³/mol. The molecule has 1 saturated carbocycles. The average Bonchev–Trinajstić information content (AvgIpc) is 2.99. The molecular formula is C32H33Cl3F3N3O4S. The number of carbonyl (C=O) groups is 2. The largest absolute Gasteiger partial charge is 0.416 e. The molecule has 46 heavy (non-hydrogen) atoms. The zero-order valence-electron chi connectivity index (χ0n) is 24.9. The lowest BCUT2D eigenvalue weighted by Crippen LogP contribution is -2.55. The molecule has 2 amide bonds. The highest BCUT2D eigenvalue weighted by molar-refractivity contribution is 7.92. The molecular weight excluding hydrogens is 686 g/mol. The summed E-state index contributed by atoms with van der Waals surface area (Å²) >= 11 is 18.6. The van der Waals surface area contributed by atoms with E-state index in [9.17, 15) is 31.2 Å². The van der Waals surface area contributed by atoms with Gasteiger partial charge < -0.3 is 10.2 Å². The molecule has 3 aromatic carbocycles. The quantitative estimate of drug-likeness (QED) is 0.222. The number of nitrogens with zero attached hydrogens (tertiary/aromatic N) is 2. The number of anilines is 1. The standard InChI is InChI=1S/C32H33Cl3F3N3O4S/c1-46(44,45)41(28-18-23(32(36,37)38)13-15-26(28)34)20-30(42)40(19-22-12-14-25(33)27(35)16-22)29(17-21-8-4-2-5-9-21)31(43)39-24-10-6-3-7-11-24/h2,4-5,8-9,12-16,18,24,29H,3,6-7,10-11,17,19-20H2,1H3,(H,39,43)/t29-/m1/s1. The Hall–Kier alpha value is -2.99. The lowest BCUT2D eigenvalue weighted by atomic mass is 9.94. The molecule has 0 aromatic heterocycles. The highest BCUT2D eigenvalue weighted by atomic mass is 35.5. The van der Waals surface area contributed by atoms with Crippen molar-refractivity contribution in [3.05, 3.63) is 98.5 Å². The maximum Gasteiger partial charge on any atom is 0.416 e. The average molecular weight is 719 g/mol. The molecule has 0 aliphatic heterocycles. The molecule has 4 rings (SSSR count). The van der Waals surface area contributed by atoms with Gasteiger partial charge in [-0.1, -0.05) is 90.5 Å². The molecule has 0 unspecified atom stereocenters. The van der Waals surface area contributed by atoms with E-state index in [-0.39, 0.29) is 34.1 Å². The van der Waals surface area contributed by atoms with Crippen molar-refractivity contribution >= 4 is 62.3 Å². The molecule has 0 saturated heterocycles. The van der Waals surface area contributed by atoms with Crippen LogP contribution in [0, 0.1) is 0 Å². The molecule has 3 aromatic rings. The van der Waals surface area contributed by atoms with Crippen LogP contribution in [-0.2, 0) is 38.8 Å². The number of hydrogen-bond donors (Lipinski definition) is 1. The second-order valence-corrected chi connectivity index (χ2v) is 14.4. The van der Waals surface area contributed by atoms with Crippen LogP contribution >= 0.6 is 34.8 Å². The fraction of sp³-hybridized carbons (Fsp3) is 0.375. The van der Waals surface area contributed by atoms with E-state index >= 15 is 0 Å². The van der Waals surface area contributed by atoms with Gasteiger partial charge in [0.05, 0.1) is 32.6 Å². The van der Waals surface area contributed by atoms with Gasteiger partial charge >= 0.3 is 6.18 Å². The van der Waals surface area contributed by atoms with Gasteiger partial charge in [0.25, 0.3) is 0 Å². The van der Waals surface area contributed by atoms with E-state index < -0.39 is 51.9 Å². The highest BCUT2D eigenvalue weighted by Gasteiger charge is 2.36. The van der Waals surface area contributed by atoms with E-state index in [4.69, 9.17) is 34.8 Å². The highest BCUT2D eigenvalue weighted by Crippen LogP contribution is 2.36. The molecule has 0 spiro atoms. The van der Waals surface area contributed by atoms with Crippen molar-refractivity contribution in [2.75, 3.05) is 17.1 Å². The van der Waals surface area contributed by atoms with E-state index in [1.807, 2.05) is 6.07 Å². The van der Waals surface area contributed by atoms with Crippen LogP contribution in [0.15, 0.2) is 66.7 Å². The Morgan fingerprint density at radius 2 is 1.54 bits per heavy atom. The normalized spacial score (nSPS) is 14.8. The Morgan fingerprint density at radius 1 is 0.891 bits per heavy atom. The van der Waals surface area contributed by atoms with Crippen LogP contribution in [0.4, 0.5) is 18.9 Å². The molecule has 248 valence electrons. The lowest BCUT2D eigenvalue weighted by Gasteiger charge is -2.35. The Labute approximate surface area is 281 Å². The number of carbonyl (C=O) groups excluding carboxylic acids is 2. The summed E-state index contributed by atoms with van der Waals surface area (Å²) in [6.45, 7) is -1.11. The first kappa shape index (κ1) is 35.9. The Bertz CT molecular complexity index is 1650. The van der Waals surface area contributed by atoms with Crippen LogP contribution in [0.25, 0.3) is 0 Å². The minimum atomic E-state index is -4.80. The molecule has 0 radical (unpaired) electrons. The van der Waals surface area contributed by atoms with Crippen LogP contribution in [0.3, 0.4) is 0 Å². The lowest BCUT2D eigenvalue weighted by molar-refractivity contribution is -0.140. The van der Waals surface area contributed by atoms with E-state index in [1.54, 1.807) is 30.3 Å². The summed E-state index contributed by atoms with van der Waals surface area (Å²) in [5.41, 5.74) is -0.434. The van der Waals surface area contributed by atoms with Gasteiger partial charge in [-0.15, -0.1) is 0 Å². The van der Waals surface area contributed by atoms with E-state index in [2.05, 4.69) is 5.32 Å². The summed E-state index contributed by atoms with van der Waals surface area (Å²) in [7, 11) is -4.35. The number of sulfonamides is 1. The van der Waals surface area contributed by atoms with Crippen LogP contribution in [0.5, 0.6) is 0 Å². The fourth-order valence-electron chi connectivity index (χ4n) is 5.41. The smallest absolute Gasteiger partial charge is 0.352 e. The number of rotatable bonds is 11. The van der Waals surface area contributed by atoms with Gasteiger partial charge in [0.2, 0.25) is 21.8 Å². The van der Waals surface area contributed by atoms with Gasteiger partial charge in [0.15, 0.2) is 0 Å². The molecule has 1 N–H and O–H groups in total. The zero-order chi connectivity index (χ0) is 33.6. The molecule has 1 aliphatic rings. The van der Waals surface area contributed by atoms with Crippen LogP contribution in [0.1, 0.15) is 48.8 Å². The van der Waals surface area contributed by atoms with Crippen molar-refractivity contribution in [3.63, 3.8) is 0 Å². The van der Waals surface area contributed by atoms with Crippen molar-refractivity contribution < 1.29 is 31.2 Å². The molecule has 1 aliphatic carbocycles. The van der Waals surface area contributed by atoms with Crippen LogP contribution in [-0.4, -0.2) is 50.0 Å². The van der Waals surface area contributed by atoms with Crippen molar-refractivity contribution in [2.45, 2.75) is 63.3 Å². The van der Waals surface area contributed by atoms with Crippen molar-refractivity contribution in [2.24, 2.45) is 0 Å². The number of hydrogen-bond acceptors (Lipinski definition) is 4. The topological polar surface area (TPSA) is 86.8 Å². The molecule has 14 heteroatoms. The summed E-state index contributed by atoms with van der Waals surface area (Å²) < 4.78 is 67.3. The van der Waals surface area contributed by atoms with E-state index in [0.29, 0.717) is 15.9 Å². The van der Waals surface area contributed by atoms with Crippen molar-refractivity contribution in [1.82, 2.24) is 10.2 Å². The third-order valence-corrected chi connectivity index (χ3v) is 9.97. The summed E-state index contributed by atoms with van der Waals surface area (Å²) in [5.74, 6) is -1.28. The van der Waals surface area contributed by atoms with Gasteiger partial charge in [-0.2, -0.15) is 13.2 Å². The third-order valence-electron chi connectivity index (χ3n) is 7.78. The van der Waals surface area contributed by atoms with Crippen LogP contribution in [0.2, 0.25) is 15.1 Å². The van der Waals surface area contributed by atoms with Gasteiger partial charge in [0, 0.05) is 19.0 Å². The van der Waals surface area contributed by atoms with Gasteiger partial charge in [0.1, 0.15) is 12.6 Å². The van der Waals surface area contributed by atoms with Gasteiger partial charge in [-0.25, -0.2) is 8.42 Å². The number of alkyl halides is 3. The zero-order valence-corrected chi connectivity index (χ0v) is 28.0. The number of amides is 2. The maximum atomic E-state index is 14.3. The Kier molecular flexibility index (Phi) is 11.9. The molecule has 1 fully saturated rings. The Morgan fingerprint density at radius 3 is 2.15 bits per heavy atom. The monoisotopic (exact) mass is 717 g/mol. The van der Waals surface area contributed by atoms with Gasteiger partial charge in [-0.05, 0) is 54.3 Å². The first-order chi connectivity index (χ1) is 21.6. The van der Waals surface area contributed by atoms with Crippen LogP contribution < -0.4 is 9.62 Å².